The van der Waals surface area contributed by atoms with Crippen molar-refractivity contribution in [2.45, 2.75) is 33.2 Å². The lowest BCUT2D eigenvalue weighted by atomic mass is 10.1. The third-order valence-electron chi connectivity index (χ3n) is 5.08. The van der Waals surface area contributed by atoms with Crippen molar-refractivity contribution in [2.24, 2.45) is 5.92 Å². The minimum atomic E-state index is -0.453. The summed E-state index contributed by atoms with van der Waals surface area (Å²) in [5.41, 5.74) is 4.42. The highest BCUT2D eigenvalue weighted by Crippen LogP contribution is 2.07. The van der Waals surface area contributed by atoms with Gasteiger partial charge in [-0.05, 0) is 60.7 Å². The van der Waals surface area contributed by atoms with E-state index in [0.717, 1.165) is 38.1 Å². The van der Waals surface area contributed by atoms with Gasteiger partial charge in [0.15, 0.2) is 5.76 Å². The Balaban J connectivity index is 2.69. The SMILES string of the molecule is CCCOCCCNC/C=C(\O)C(=O)/C(=C\NN(C)CC(C)/C=C\SC)CNCc1ccc(F)cc1. The van der Waals surface area contributed by atoms with Gasteiger partial charge in [-0.3, -0.25) is 4.79 Å². The predicted molar refractivity (Wildman–Crippen MR) is 148 cm³/mol. The number of ether oxygens (including phenoxy) is 1. The number of hydrogen-bond acceptors (Lipinski definition) is 8. The molecule has 1 aromatic carbocycles. The molecule has 0 spiro atoms. The van der Waals surface area contributed by atoms with Crippen LogP contribution in [0.2, 0.25) is 0 Å². The number of hydrogen-bond donors (Lipinski definition) is 4. The Morgan fingerprint density at radius 2 is 2.00 bits per heavy atom. The largest absolute Gasteiger partial charge is 0.504 e. The highest BCUT2D eigenvalue weighted by molar-refractivity contribution is 8.01. The van der Waals surface area contributed by atoms with Crippen molar-refractivity contribution in [3.63, 3.8) is 0 Å². The molecule has 0 amide bonds. The summed E-state index contributed by atoms with van der Waals surface area (Å²) in [5, 5.41) is 20.7. The molecule has 0 heterocycles. The number of ketones is 1. The van der Waals surface area contributed by atoms with E-state index in [1.54, 1.807) is 30.1 Å². The van der Waals surface area contributed by atoms with Crippen LogP contribution in [0, 0.1) is 11.7 Å². The van der Waals surface area contributed by atoms with Crippen molar-refractivity contribution in [1.29, 1.82) is 0 Å². The van der Waals surface area contributed by atoms with Crippen molar-refractivity contribution < 1.29 is 19.0 Å². The van der Waals surface area contributed by atoms with Gasteiger partial charge in [0.25, 0.3) is 0 Å². The molecule has 36 heavy (non-hydrogen) atoms. The Bertz CT molecular complexity index is 831. The fourth-order valence-corrected chi connectivity index (χ4v) is 3.59. The Morgan fingerprint density at radius 3 is 2.69 bits per heavy atom. The van der Waals surface area contributed by atoms with E-state index in [4.69, 9.17) is 4.74 Å². The smallest absolute Gasteiger partial charge is 0.225 e. The van der Waals surface area contributed by atoms with Crippen LogP contribution in [-0.4, -0.2) is 68.6 Å². The summed E-state index contributed by atoms with van der Waals surface area (Å²) >= 11 is 1.65. The first-order valence-corrected chi connectivity index (χ1v) is 13.7. The van der Waals surface area contributed by atoms with Gasteiger partial charge in [0.2, 0.25) is 5.78 Å². The molecule has 1 atom stereocenters. The zero-order chi connectivity index (χ0) is 26.6. The van der Waals surface area contributed by atoms with E-state index in [1.807, 2.05) is 18.3 Å². The van der Waals surface area contributed by atoms with Gasteiger partial charge in [-0.1, -0.05) is 32.1 Å². The molecule has 0 fully saturated rings. The first-order valence-electron chi connectivity index (χ1n) is 12.4. The number of benzene rings is 1. The first-order chi connectivity index (χ1) is 17.4. The van der Waals surface area contributed by atoms with E-state index < -0.39 is 5.78 Å². The van der Waals surface area contributed by atoms with E-state index in [9.17, 15) is 14.3 Å². The standard InChI is InChI=1S/C27H43FN4O3S/c1-5-15-35-16-6-13-29-14-11-26(33)27(34)24(19-30-18-23-7-9-25(28)10-8-23)20-31-32(3)21-22(2)12-17-36-4/h7-12,17,20,22,29-31,33H,5-6,13-16,18-19,21H2,1-4H3/b17-12-,24-20-,26-11-. The predicted octanol–water partition coefficient (Wildman–Crippen LogP) is 4.17. The molecule has 1 unspecified atom stereocenters. The second-order valence-corrected chi connectivity index (χ2v) is 9.28. The minimum absolute atomic E-state index is 0.235. The fraction of sp³-hybridized carbons (Fsp3) is 0.519. The molecule has 9 heteroatoms. The summed E-state index contributed by atoms with van der Waals surface area (Å²) in [7, 11) is 1.90. The van der Waals surface area contributed by atoms with Gasteiger partial charge in [-0.25, -0.2) is 9.40 Å². The average Bonchev–Trinajstić information content (AvgIpc) is 2.86. The molecule has 0 saturated carbocycles. The van der Waals surface area contributed by atoms with Gasteiger partial charge >= 0.3 is 0 Å². The van der Waals surface area contributed by atoms with E-state index in [2.05, 4.69) is 41.4 Å². The summed E-state index contributed by atoms with van der Waals surface area (Å²) in [5.74, 6) is -0.724. The highest BCUT2D eigenvalue weighted by atomic mass is 32.2. The van der Waals surface area contributed by atoms with Crippen LogP contribution < -0.4 is 16.1 Å². The number of aliphatic hydroxyl groups is 1. The molecule has 4 N–H and O–H groups in total. The maximum absolute atomic E-state index is 13.1. The summed E-state index contributed by atoms with van der Waals surface area (Å²) in [4.78, 5) is 12.9. The third kappa shape index (κ3) is 15.1. The van der Waals surface area contributed by atoms with E-state index in [1.165, 1.54) is 18.2 Å². The lowest BCUT2D eigenvalue weighted by Gasteiger charge is -2.20. The third-order valence-corrected chi connectivity index (χ3v) is 5.51. The second-order valence-electron chi connectivity index (χ2n) is 8.54. The maximum atomic E-state index is 13.1. The van der Waals surface area contributed by atoms with Crippen molar-refractivity contribution in [3.8, 4) is 0 Å². The number of hydrazine groups is 1. The normalized spacial score (nSPS) is 13.5. The summed E-state index contributed by atoms with van der Waals surface area (Å²) < 4.78 is 18.6. The maximum Gasteiger partial charge on any atom is 0.225 e. The number of allylic oxidation sites excluding steroid dienone is 1. The molecule has 7 nitrogen and oxygen atoms in total. The topological polar surface area (TPSA) is 85.9 Å². The van der Waals surface area contributed by atoms with Gasteiger partial charge in [0, 0.05) is 58.2 Å². The number of thioether (sulfide) groups is 1. The van der Waals surface area contributed by atoms with Crippen LogP contribution in [0.15, 0.2) is 59.4 Å². The molecule has 1 rings (SSSR count). The number of halogens is 1. The van der Waals surface area contributed by atoms with Gasteiger partial charge < -0.3 is 25.9 Å². The molecular formula is C27H43FN4O3S. The zero-order valence-electron chi connectivity index (χ0n) is 22.1. The van der Waals surface area contributed by atoms with Crippen LogP contribution in [-0.2, 0) is 16.1 Å². The van der Waals surface area contributed by atoms with Crippen molar-refractivity contribution >= 4 is 17.5 Å². The van der Waals surface area contributed by atoms with Crippen LogP contribution >= 0.6 is 11.8 Å². The molecule has 202 valence electrons. The molecular weight excluding hydrogens is 479 g/mol. The molecule has 0 aliphatic rings. The number of nitrogens with zero attached hydrogens (tertiary/aromatic N) is 1. The number of rotatable bonds is 20. The Labute approximate surface area is 220 Å². The molecule has 0 radical (unpaired) electrons. The Morgan fingerprint density at radius 1 is 1.25 bits per heavy atom. The minimum Gasteiger partial charge on any atom is -0.504 e. The summed E-state index contributed by atoms with van der Waals surface area (Å²) in [6.45, 7) is 8.19. The van der Waals surface area contributed by atoms with Crippen LogP contribution in [0.25, 0.3) is 0 Å². The van der Waals surface area contributed by atoms with Crippen LogP contribution in [0.1, 0.15) is 32.3 Å². The first kappa shape index (κ1) is 31.9. The molecule has 0 bridgehead atoms. The van der Waals surface area contributed by atoms with Crippen LogP contribution in [0.4, 0.5) is 4.39 Å². The molecule has 0 saturated heterocycles. The highest BCUT2D eigenvalue weighted by Gasteiger charge is 2.15. The van der Waals surface area contributed by atoms with Crippen molar-refractivity contribution in [3.05, 3.63) is 70.7 Å². The number of nitrogens with one attached hydrogen (secondary N) is 3. The quantitative estimate of drug-likeness (QED) is 0.0879. The second kappa shape index (κ2) is 20.0. The molecule has 0 aliphatic heterocycles. The number of carbonyl (C=O) groups excluding carboxylic acids is 1. The lowest BCUT2D eigenvalue weighted by Crippen LogP contribution is -2.35. The van der Waals surface area contributed by atoms with E-state index in [-0.39, 0.29) is 18.1 Å². The molecule has 0 aromatic heterocycles. The molecule has 0 aliphatic carbocycles. The number of carbonyl (C=O) groups is 1. The van der Waals surface area contributed by atoms with Crippen LogP contribution in [0.5, 0.6) is 0 Å². The monoisotopic (exact) mass is 522 g/mol. The van der Waals surface area contributed by atoms with E-state index >= 15 is 0 Å². The van der Waals surface area contributed by atoms with Gasteiger partial charge in [-0.2, -0.15) is 0 Å². The number of Topliss-reactive ketones (excluding diaryl/α,β-unsaturated/α-hetero) is 1. The zero-order valence-corrected chi connectivity index (χ0v) is 22.9. The van der Waals surface area contributed by atoms with Crippen LogP contribution in [0.3, 0.4) is 0 Å². The van der Waals surface area contributed by atoms with Crippen molar-refractivity contribution in [1.82, 2.24) is 21.1 Å². The fourth-order valence-electron chi connectivity index (χ4n) is 3.16. The average molecular weight is 523 g/mol. The summed E-state index contributed by atoms with van der Waals surface area (Å²) in [6.07, 6.45) is 9.11. The summed E-state index contributed by atoms with van der Waals surface area (Å²) in [6, 6.07) is 6.19. The lowest BCUT2D eigenvalue weighted by molar-refractivity contribution is -0.114. The van der Waals surface area contributed by atoms with Gasteiger partial charge in [0.1, 0.15) is 5.82 Å². The molecule has 1 aromatic rings. The Kier molecular flexibility index (Phi) is 17.7. The van der Waals surface area contributed by atoms with Gasteiger partial charge in [-0.15, -0.1) is 11.8 Å². The van der Waals surface area contributed by atoms with E-state index in [0.29, 0.717) is 31.2 Å². The number of aliphatic hydroxyl groups excluding tert-OH is 1. The van der Waals surface area contributed by atoms with Crippen molar-refractivity contribution in [2.75, 3.05) is 52.7 Å². The Hall–Kier alpha value is -2.17. The van der Waals surface area contributed by atoms with Gasteiger partial charge in [0.05, 0.1) is 0 Å².